The van der Waals surface area contributed by atoms with E-state index in [1.165, 1.54) is 0 Å². The van der Waals surface area contributed by atoms with Crippen molar-refractivity contribution in [2.24, 2.45) is 5.73 Å². The van der Waals surface area contributed by atoms with Gasteiger partial charge in [-0.05, 0) is 59.2 Å². The normalized spacial score (nSPS) is 10.1. The van der Waals surface area contributed by atoms with Gasteiger partial charge in [0.15, 0.2) is 0 Å². The minimum absolute atomic E-state index is 0.0460. The summed E-state index contributed by atoms with van der Waals surface area (Å²) in [6.45, 7) is 0.301. The fourth-order valence-electron chi connectivity index (χ4n) is 2.99. The zero-order chi connectivity index (χ0) is 20.8. The van der Waals surface area contributed by atoms with E-state index in [0.717, 1.165) is 27.5 Å². The molecule has 6 nitrogen and oxygen atoms in total. The number of nitrogens with two attached hydrogens (primary N) is 1. The summed E-state index contributed by atoms with van der Waals surface area (Å²) in [4.78, 5) is 10.6. The number of methoxy groups -OCH3 is 1. The van der Waals surface area contributed by atoms with Gasteiger partial charge in [-0.2, -0.15) is 0 Å². The summed E-state index contributed by atoms with van der Waals surface area (Å²) in [5, 5.41) is 20.6. The molecule has 0 fully saturated rings. The highest BCUT2D eigenvalue weighted by molar-refractivity contribution is 5.99. The van der Waals surface area contributed by atoms with E-state index in [9.17, 15) is 4.79 Å². The summed E-state index contributed by atoms with van der Waals surface area (Å²) in [5.74, 6) is 7.06. The van der Waals surface area contributed by atoms with Crippen molar-refractivity contribution < 1.29 is 14.6 Å². The van der Waals surface area contributed by atoms with Crippen LogP contribution in [-0.2, 0) is 6.42 Å². The molecule has 0 spiro atoms. The maximum atomic E-state index is 10.6. The first kappa shape index (κ1) is 19.8. The highest BCUT2D eigenvalue weighted by Crippen LogP contribution is 2.21. The van der Waals surface area contributed by atoms with Gasteiger partial charge in [0.25, 0.3) is 0 Å². The van der Waals surface area contributed by atoms with Crippen LogP contribution in [0.5, 0.6) is 5.75 Å². The molecule has 29 heavy (non-hydrogen) atoms. The predicted molar refractivity (Wildman–Crippen MR) is 114 cm³/mol. The molecule has 0 saturated heterocycles. The first-order chi connectivity index (χ1) is 14.0. The topological polar surface area (TPSA) is 108 Å². The Bertz CT molecular complexity index is 1140. The molecule has 1 amide bonds. The molecule has 0 saturated carbocycles. The minimum Gasteiger partial charge on any atom is -0.496 e. The molecule has 146 valence electrons. The average Bonchev–Trinajstić information content (AvgIpc) is 2.71. The van der Waals surface area contributed by atoms with Crippen LogP contribution in [-0.4, -0.2) is 30.7 Å². The lowest BCUT2D eigenvalue weighted by atomic mass is 10.0. The van der Waals surface area contributed by atoms with Gasteiger partial charge in [0.2, 0.25) is 0 Å². The molecule has 6 heteroatoms. The lowest BCUT2D eigenvalue weighted by Crippen LogP contribution is -2.23. The summed E-state index contributed by atoms with van der Waals surface area (Å²) >= 11 is 0. The quantitative estimate of drug-likeness (QED) is 0.306. The second kappa shape index (κ2) is 8.81. The van der Waals surface area contributed by atoms with Crippen molar-refractivity contribution in [1.82, 2.24) is 5.32 Å². The Morgan fingerprint density at radius 3 is 2.41 bits per heavy atom. The van der Waals surface area contributed by atoms with Gasteiger partial charge in [-0.15, -0.1) is 0 Å². The highest BCUT2D eigenvalue weighted by Gasteiger charge is 2.05. The number of nitrogen functional groups attached to an aromatic ring is 1. The summed E-state index contributed by atoms with van der Waals surface area (Å²) in [6.07, 6.45) is -0.536. The lowest BCUT2D eigenvalue weighted by molar-refractivity contribution is 0.194. The van der Waals surface area contributed by atoms with Crippen molar-refractivity contribution in [3.05, 3.63) is 76.9 Å². The lowest BCUT2D eigenvalue weighted by Gasteiger charge is -2.09. The Morgan fingerprint density at radius 2 is 1.72 bits per heavy atom. The van der Waals surface area contributed by atoms with Gasteiger partial charge in [0.1, 0.15) is 11.6 Å². The third-order valence-corrected chi connectivity index (χ3v) is 4.45. The SMILES string of the molecule is COc1ccc(C#Cc2ccc3cc(C(=N)N)ccc3c2)cc1CCNC(=O)O. The molecule has 0 aromatic heterocycles. The second-order valence-corrected chi connectivity index (χ2v) is 6.45. The molecule has 0 radical (unpaired) electrons. The molecule has 0 aliphatic rings. The molecule has 0 bridgehead atoms. The van der Waals surface area contributed by atoms with Gasteiger partial charge in [0, 0.05) is 23.2 Å². The number of carboxylic acid groups (broad SMARTS) is 1. The molecule has 0 aliphatic heterocycles. The van der Waals surface area contributed by atoms with Gasteiger partial charge >= 0.3 is 6.09 Å². The van der Waals surface area contributed by atoms with E-state index in [4.69, 9.17) is 21.0 Å². The molecule has 0 heterocycles. The van der Waals surface area contributed by atoms with Gasteiger partial charge in [-0.25, -0.2) is 4.79 Å². The minimum atomic E-state index is -1.05. The summed E-state index contributed by atoms with van der Waals surface area (Å²) in [6, 6.07) is 17.1. The van der Waals surface area contributed by atoms with E-state index < -0.39 is 6.09 Å². The Kier molecular flexibility index (Phi) is 6.00. The third kappa shape index (κ3) is 5.05. The Hall–Kier alpha value is -3.98. The van der Waals surface area contributed by atoms with E-state index in [0.29, 0.717) is 24.3 Å². The number of hydrogen-bond donors (Lipinski definition) is 4. The number of amidine groups is 1. The number of carbonyl (C=O) groups is 1. The van der Waals surface area contributed by atoms with Crippen LogP contribution in [0, 0.1) is 17.3 Å². The van der Waals surface area contributed by atoms with Crippen LogP contribution in [0.15, 0.2) is 54.6 Å². The fourth-order valence-corrected chi connectivity index (χ4v) is 2.99. The zero-order valence-corrected chi connectivity index (χ0v) is 16.0. The van der Waals surface area contributed by atoms with Crippen molar-refractivity contribution in [3.8, 4) is 17.6 Å². The summed E-state index contributed by atoms with van der Waals surface area (Å²) < 4.78 is 5.35. The zero-order valence-electron chi connectivity index (χ0n) is 16.0. The molecule has 0 unspecified atom stereocenters. The smallest absolute Gasteiger partial charge is 0.404 e. The van der Waals surface area contributed by atoms with E-state index in [-0.39, 0.29) is 5.84 Å². The molecular formula is C23H21N3O3. The van der Waals surface area contributed by atoms with Crippen LogP contribution in [0.3, 0.4) is 0 Å². The van der Waals surface area contributed by atoms with Gasteiger partial charge in [-0.1, -0.05) is 30.0 Å². The summed E-state index contributed by atoms with van der Waals surface area (Å²) in [7, 11) is 1.58. The number of fused-ring (bicyclic) bond motifs is 1. The maximum absolute atomic E-state index is 10.6. The number of benzene rings is 3. The number of ether oxygens (including phenoxy) is 1. The maximum Gasteiger partial charge on any atom is 0.404 e. The van der Waals surface area contributed by atoms with Crippen LogP contribution >= 0.6 is 0 Å². The average molecular weight is 387 g/mol. The molecule has 3 aromatic rings. The molecule has 3 rings (SSSR count). The van der Waals surface area contributed by atoms with E-state index in [1.54, 1.807) is 7.11 Å². The molecular weight excluding hydrogens is 366 g/mol. The number of amides is 1. The van der Waals surface area contributed by atoms with E-state index >= 15 is 0 Å². The van der Waals surface area contributed by atoms with Crippen molar-refractivity contribution in [3.63, 3.8) is 0 Å². The summed E-state index contributed by atoms with van der Waals surface area (Å²) in [5.41, 5.74) is 8.83. The van der Waals surface area contributed by atoms with E-state index in [2.05, 4.69) is 17.2 Å². The molecule has 5 N–H and O–H groups in total. The van der Waals surface area contributed by atoms with Crippen LogP contribution in [0.25, 0.3) is 10.8 Å². The largest absolute Gasteiger partial charge is 0.496 e. The Labute approximate surface area is 168 Å². The van der Waals surface area contributed by atoms with Crippen LogP contribution in [0.1, 0.15) is 22.3 Å². The van der Waals surface area contributed by atoms with Crippen molar-refractivity contribution in [2.75, 3.05) is 13.7 Å². The predicted octanol–water partition coefficient (Wildman–Crippen LogP) is 3.34. The standard InChI is InChI=1S/C23H21N3O3/c1-29-21-9-5-16(13-19(21)10-11-26-23(27)28)3-2-15-4-6-18-14-20(22(24)25)8-7-17(18)12-15/h4-9,12-14,26H,10-11H2,1H3,(H3,24,25)(H,27,28). The van der Waals surface area contributed by atoms with Crippen LogP contribution in [0.2, 0.25) is 0 Å². The monoisotopic (exact) mass is 387 g/mol. The first-order valence-electron chi connectivity index (χ1n) is 9.00. The van der Waals surface area contributed by atoms with Crippen LogP contribution < -0.4 is 15.8 Å². The first-order valence-corrected chi connectivity index (χ1v) is 9.00. The van der Waals surface area contributed by atoms with Crippen molar-refractivity contribution >= 4 is 22.7 Å². The highest BCUT2D eigenvalue weighted by atomic mass is 16.5. The molecule has 0 atom stereocenters. The fraction of sp³-hybridized carbons (Fsp3) is 0.130. The Balaban J connectivity index is 1.83. The van der Waals surface area contributed by atoms with Gasteiger partial charge in [0.05, 0.1) is 7.11 Å². The van der Waals surface area contributed by atoms with E-state index in [1.807, 2.05) is 54.6 Å². The molecule has 0 aliphatic carbocycles. The number of nitrogens with one attached hydrogen (secondary N) is 2. The van der Waals surface area contributed by atoms with Crippen molar-refractivity contribution in [2.45, 2.75) is 6.42 Å². The van der Waals surface area contributed by atoms with Gasteiger partial charge in [-0.3, -0.25) is 5.41 Å². The third-order valence-electron chi connectivity index (χ3n) is 4.45. The Morgan fingerprint density at radius 1 is 1.07 bits per heavy atom. The van der Waals surface area contributed by atoms with Crippen LogP contribution in [0.4, 0.5) is 4.79 Å². The second-order valence-electron chi connectivity index (χ2n) is 6.45. The van der Waals surface area contributed by atoms with Crippen molar-refractivity contribution in [1.29, 1.82) is 5.41 Å². The number of rotatable bonds is 5. The molecule has 3 aromatic carbocycles. The van der Waals surface area contributed by atoms with Gasteiger partial charge < -0.3 is 20.9 Å². The number of hydrogen-bond acceptors (Lipinski definition) is 3.